The van der Waals surface area contributed by atoms with E-state index in [-0.39, 0.29) is 22.2 Å². The molecule has 0 aliphatic carbocycles. The summed E-state index contributed by atoms with van der Waals surface area (Å²) in [4.78, 5) is 3.79. The summed E-state index contributed by atoms with van der Waals surface area (Å²) in [6.45, 7) is 0. The molecule has 1 heterocycles. The first-order valence-corrected chi connectivity index (χ1v) is 7.52. The predicted octanol–water partition coefficient (Wildman–Crippen LogP) is 2.58. The quantitative estimate of drug-likeness (QED) is 0.840. The van der Waals surface area contributed by atoms with E-state index in [1.165, 1.54) is 18.2 Å². The Morgan fingerprint density at radius 1 is 1.10 bits per heavy atom. The van der Waals surface area contributed by atoms with E-state index in [4.69, 9.17) is 29.3 Å². The molecule has 0 saturated carbocycles. The monoisotopic (exact) mass is 332 g/mol. The molecule has 9 heteroatoms. The number of hydrogen-bond acceptors (Lipinski definition) is 5. The topological polar surface area (TPSA) is 88.3 Å². The van der Waals surface area contributed by atoms with Crippen molar-refractivity contribution in [3.63, 3.8) is 0 Å². The average molecular weight is 333 g/mol. The van der Waals surface area contributed by atoms with Gasteiger partial charge in [0.05, 0.1) is 5.69 Å². The molecule has 20 heavy (non-hydrogen) atoms. The lowest BCUT2D eigenvalue weighted by molar-refractivity contribution is 0.601. The summed E-state index contributed by atoms with van der Waals surface area (Å²) in [5.74, 6) is 0.310. The molecule has 0 unspecified atom stereocenters. The highest BCUT2D eigenvalue weighted by atomic mass is 35.5. The van der Waals surface area contributed by atoms with Gasteiger partial charge in [-0.3, -0.25) is 4.72 Å². The minimum absolute atomic E-state index is 0.0748. The second kappa shape index (κ2) is 5.74. The first kappa shape index (κ1) is 14.7. The maximum absolute atomic E-state index is 12.3. The molecular formula is C11H10Cl2N4O2S. The van der Waals surface area contributed by atoms with Gasteiger partial charge in [0.1, 0.15) is 16.5 Å². The van der Waals surface area contributed by atoms with E-state index < -0.39 is 10.0 Å². The molecule has 0 atom stereocenters. The lowest BCUT2D eigenvalue weighted by Gasteiger charge is -2.13. The third-order valence-corrected chi connectivity index (χ3v) is 4.11. The molecule has 0 aliphatic rings. The van der Waals surface area contributed by atoms with Gasteiger partial charge in [-0.05, 0) is 24.3 Å². The van der Waals surface area contributed by atoms with Gasteiger partial charge in [-0.15, -0.1) is 0 Å². The average Bonchev–Trinajstić information content (AvgIpc) is 2.38. The number of halogens is 2. The van der Waals surface area contributed by atoms with Crippen molar-refractivity contribution in [3.05, 3.63) is 42.5 Å². The number of anilines is 3. The van der Waals surface area contributed by atoms with Crippen LogP contribution in [0.25, 0.3) is 0 Å². The summed E-state index contributed by atoms with van der Waals surface area (Å²) >= 11 is 11.2. The van der Waals surface area contributed by atoms with Gasteiger partial charge >= 0.3 is 0 Å². The number of aromatic nitrogens is 1. The van der Waals surface area contributed by atoms with Gasteiger partial charge in [-0.2, -0.15) is 3.94 Å². The van der Waals surface area contributed by atoms with Crippen LogP contribution in [0.2, 0.25) is 0 Å². The van der Waals surface area contributed by atoms with Crippen molar-refractivity contribution in [2.45, 2.75) is 4.90 Å². The predicted molar refractivity (Wildman–Crippen MR) is 80.1 cm³/mol. The highest BCUT2D eigenvalue weighted by Crippen LogP contribution is 2.29. The lowest BCUT2D eigenvalue weighted by atomic mass is 10.3. The summed E-state index contributed by atoms with van der Waals surface area (Å²) in [5, 5.41) is 0. The van der Waals surface area contributed by atoms with Crippen LogP contribution in [0.4, 0.5) is 17.3 Å². The number of benzene rings is 1. The second-order valence-corrected chi connectivity index (χ2v) is 6.25. The molecule has 0 fully saturated rings. The highest BCUT2D eigenvalue weighted by molar-refractivity contribution is 7.92. The Morgan fingerprint density at radius 3 is 2.45 bits per heavy atom. The third kappa shape index (κ3) is 3.24. The Balaban J connectivity index is 2.41. The van der Waals surface area contributed by atoms with Gasteiger partial charge in [0, 0.05) is 23.6 Å². The summed E-state index contributed by atoms with van der Waals surface area (Å²) in [5.41, 5.74) is 5.63. The number of nitrogen functional groups attached to an aromatic ring is 1. The standard InChI is InChI=1S/C11H10Cl2N4O2S/c12-17(13)8-4-1-2-5-9(8)20(18,19)16-11-7-3-6-10(14)15-11/h1-7H,(H3,14,15,16). The zero-order valence-corrected chi connectivity index (χ0v) is 12.3. The fourth-order valence-electron chi connectivity index (χ4n) is 1.53. The molecule has 0 spiro atoms. The molecular weight excluding hydrogens is 323 g/mol. The third-order valence-electron chi connectivity index (χ3n) is 2.35. The van der Waals surface area contributed by atoms with Crippen LogP contribution in [0.3, 0.4) is 0 Å². The fourth-order valence-corrected chi connectivity index (χ4v) is 3.11. The molecule has 2 aromatic rings. The zero-order valence-electron chi connectivity index (χ0n) is 9.99. The summed E-state index contributed by atoms with van der Waals surface area (Å²) in [6.07, 6.45) is 0. The van der Waals surface area contributed by atoms with E-state index in [9.17, 15) is 8.42 Å². The van der Waals surface area contributed by atoms with E-state index >= 15 is 0 Å². The Labute approximate surface area is 126 Å². The van der Waals surface area contributed by atoms with Crippen LogP contribution < -0.4 is 14.4 Å². The minimum Gasteiger partial charge on any atom is -0.384 e. The number of nitrogens with two attached hydrogens (primary N) is 1. The summed E-state index contributed by atoms with van der Waals surface area (Å²) in [7, 11) is -3.88. The molecule has 3 N–H and O–H groups in total. The highest BCUT2D eigenvalue weighted by Gasteiger charge is 2.21. The number of nitrogens with one attached hydrogen (secondary N) is 1. The van der Waals surface area contributed by atoms with E-state index in [0.717, 1.165) is 0 Å². The first-order chi connectivity index (χ1) is 9.40. The van der Waals surface area contributed by atoms with Crippen LogP contribution >= 0.6 is 23.6 Å². The number of nitrogens with zero attached hydrogens (tertiary/aromatic N) is 2. The minimum atomic E-state index is -3.88. The van der Waals surface area contributed by atoms with Gasteiger partial charge < -0.3 is 5.73 Å². The van der Waals surface area contributed by atoms with Crippen molar-refractivity contribution in [2.75, 3.05) is 14.4 Å². The maximum atomic E-state index is 12.3. The van der Waals surface area contributed by atoms with E-state index in [2.05, 4.69) is 9.71 Å². The number of pyridine rings is 1. The second-order valence-electron chi connectivity index (χ2n) is 3.75. The van der Waals surface area contributed by atoms with E-state index in [1.54, 1.807) is 24.3 Å². The van der Waals surface area contributed by atoms with Crippen molar-refractivity contribution in [1.29, 1.82) is 0 Å². The molecule has 0 amide bonds. The van der Waals surface area contributed by atoms with Crippen molar-refractivity contribution in [1.82, 2.24) is 4.98 Å². The van der Waals surface area contributed by atoms with Crippen molar-refractivity contribution >= 4 is 50.9 Å². The van der Waals surface area contributed by atoms with Crippen LogP contribution in [0.1, 0.15) is 0 Å². The Morgan fingerprint density at radius 2 is 1.80 bits per heavy atom. The van der Waals surface area contributed by atoms with Crippen molar-refractivity contribution in [3.8, 4) is 0 Å². The molecule has 0 saturated heterocycles. The number of para-hydroxylation sites is 1. The van der Waals surface area contributed by atoms with Crippen molar-refractivity contribution < 1.29 is 8.42 Å². The van der Waals surface area contributed by atoms with Gasteiger partial charge in [0.25, 0.3) is 10.0 Å². The van der Waals surface area contributed by atoms with E-state index in [0.29, 0.717) is 3.94 Å². The summed E-state index contributed by atoms with van der Waals surface area (Å²) < 4.78 is 27.6. The van der Waals surface area contributed by atoms with Crippen LogP contribution in [0.5, 0.6) is 0 Å². The van der Waals surface area contributed by atoms with Gasteiger partial charge in [-0.1, -0.05) is 18.2 Å². The molecule has 1 aromatic heterocycles. The Bertz CT molecular complexity index is 722. The molecule has 0 radical (unpaired) electrons. The van der Waals surface area contributed by atoms with Crippen molar-refractivity contribution in [2.24, 2.45) is 0 Å². The van der Waals surface area contributed by atoms with Crippen LogP contribution in [-0.4, -0.2) is 13.4 Å². The Hall–Kier alpha value is -1.70. The van der Waals surface area contributed by atoms with Gasteiger partial charge in [0.2, 0.25) is 0 Å². The van der Waals surface area contributed by atoms with Gasteiger partial charge in [0.15, 0.2) is 0 Å². The van der Waals surface area contributed by atoms with Crippen LogP contribution in [0, 0.1) is 0 Å². The number of hydrogen-bond donors (Lipinski definition) is 2. The fraction of sp³-hybridized carbons (Fsp3) is 0. The smallest absolute Gasteiger partial charge is 0.265 e. The zero-order chi connectivity index (χ0) is 14.8. The number of sulfonamides is 1. The molecule has 1 aromatic carbocycles. The number of rotatable bonds is 4. The lowest BCUT2D eigenvalue weighted by Crippen LogP contribution is -2.16. The van der Waals surface area contributed by atoms with Crippen LogP contribution in [0.15, 0.2) is 47.4 Å². The molecule has 106 valence electrons. The molecule has 0 aliphatic heterocycles. The normalized spacial score (nSPS) is 11.1. The Kier molecular flexibility index (Phi) is 4.22. The van der Waals surface area contributed by atoms with E-state index in [1.807, 2.05) is 0 Å². The maximum Gasteiger partial charge on any atom is 0.265 e. The molecule has 2 rings (SSSR count). The SMILES string of the molecule is Nc1cccc(NS(=O)(=O)c2ccccc2N(Cl)Cl)n1. The van der Waals surface area contributed by atoms with Gasteiger partial charge in [-0.25, -0.2) is 13.4 Å². The summed E-state index contributed by atoms with van der Waals surface area (Å²) in [6, 6.07) is 10.6. The first-order valence-electron chi connectivity index (χ1n) is 5.36. The van der Waals surface area contributed by atoms with Crippen LogP contribution in [-0.2, 0) is 10.0 Å². The largest absolute Gasteiger partial charge is 0.384 e. The molecule has 0 bridgehead atoms. The molecule has 6 nitrogen and oxygen atoms in total.